The lowest BCUT2D eigenvalue weighted by Gasteiger charge is -2.38. The molecule has 136 valence electrons. The van der Waals surface area contributed by atoms with Crippen molar-refractivity contribution in [3.63, 3.8) is 0 Å². The maximum absolute atomic E-state index is 12.1. The Kier molecular flexibility index (Phi) is 4.94. The summed E-state index contributed by atoms with van der Waals surface area (Å²) in [6.45, 7) is 9.33. The van der Waals surface area contributed by atoms with E-state index in [1.54, 1.807) is 4.68 Å². The van der Waals surface area contributed by atoms with Crippen LogP contribution < -0.4 is 0 Å². The van der Waals surface area contributed by atoms with Crippen LogP contribution in [0.3, 0.4) is 0 Å². The molecular formula is C18H27N5O2. The topological polar surface area (TPSA) is 76.2 Å². The van der Waals surface area contributed by atoms with Crippen LogP contribution in [-0.2, 0) is 23.4 Å². The van der Waals surface area contributed by atoms with Crippen LogP contribution in [-0.4, -0.2) is 48.4 Å². The largest absolute Gasteiger partial charge is 0.479 e. The molecule has 1 fully saturated rings. The van der Waals surface area contributed by atoms with Gasteiger partial charge in [-0.3, -0.25) is 9.58 Å². The van der Waals surface area contributed by atoms with Gasteiger partial charge in [0.1, 0.15) is 5.82 Å². The first-order valence-corrected chi connectivity index (χ1v) is 8.98. The molecule has 3 rings (SSSR count). The third-order valence-corrected chi connectivity index (χ3v) is 5.23. The third kappa shape index (κ3) is 3.33. The molecule has 1 aliphatic heterocycles. The van der Waals surface area contributed by atoms with Crippen LogP contribution in [0.4, 0.5) is 0 Å². The third-order valence-electron chi connectivity index (χ3n) is 5.23. The predicted octanol–water partition coefficient (Wildman–Crippen LogP) is 2.30. The van der Waals surface area contributed by atoms with Gasteiger partial charge in [0.05, 0.1) is 12.2 Å². The second kappa shape index (κ2) is 7.00. The molecule has 3 heterocycles. The lowest BCUT2D eigenvalue weighted by Crippen LogP contribution is -2.51. The van der Waals surface area contributed by atoms with Gasteiger partial charge in [-0.2, -0.15) is 5.10 Å². The SMILES string of the molecule is CCn1ccnc1CN1CCC(C(=O)O)(n2ccc(C(C)C)n2)CC1. The summed E-state index contributed by atoms with van der Waals surface area (Å²) in [4.78, 5) is 18.8. The summed E-state index contributed by atoms with van der Waals surface area (Å²) >= 11 is 0. The molecule has 1 saturated heterocycles. The van der Waals surface area contributed by atoms with Crippen molar-refractivity contribution < 1.29 is 9.90 Å². The molecule has 2 aromatic heterocycles. The summed E-state index contributed by atoms with van der Waals surface area (Å²) in [7, 11) is 0. The number of carbonyl (C=O) groups is 1. The number of nitrogens with zero attached hydrogens (tertiary/aromatic N) is 5. The fraction of sp³-hybridized carbons (Fsp3) is 0.611. The molecule has 0 unspecified atom stereocenters. The molecule has 0 aromatic carbocycles. The number of likely N-dealkylation sites (tertiary alicyclic amines) is 1. The van der Waals surface area contributed by atoms with Crippen LogP contribution in [0.1, 0.15) is 51.0 Å². The van der Waals surface area contributed by atoms with Gasteiger partial charge in [-0.15, -0.1) is 0 Å². The summed E-state index contributed by atoms with van der Waals surface area (Å²) in [6.07, 6.45) is 6.73. The number of piperidine rings is 1. The van der Waals surface area contributed by atoms with Crippen LogP contribution in [0, 0.1) is 0 Å². The first kappa shape index (κ1) is 17.7. The molecule has 1 N–H and O–H groups in total. The van der Waals surface area contributed by atoms with Crippen molar-refractivity contribution >= 4 is 5.97 Å². The van der Waals surface area contributed by atoms with E-state index in [-0.39, 0.29) is 0 Å². The number of imidazole rings is 1. The lowest BCUT2D eigenvalue weighted by molar-refractivity contribution is -0.151. The zero-order valence-electron chi connectivity index (χ0n) is 15.2. The molecule has 0 bridgehead atoms. The maximum atomic E-state index is 12.1. The molecule has 2 aromatic rings. The Bertz CT molecular complexity index is 725. The summed E-state index contributed by atoms with van der Waals surface area (Å²) in [5.41, 5.74) is -0.00267. The van der Waals surface area contributed by atoms with E-state index >= 15 is 0 Å². The molecule has 7 nitrogen and oxygen atoms in total. The van der Waals surface area contributed by atoms with Gasteiger partial charge in [0.25, 0.3) is 0 Å². The summed E-state index contributed by atoms with van der Waals surface area (Å²) < 4.78 is 3.80. The van der Waals surface area contributed by atoms with Crippen LogP contribution in [0.2, 0.25) is 0 Å². The zero-order chi connectivity index (χ0) is 18.0. The highest BCUT2D eigenvalue weighted by Gasteiger charge is 2.44. The van der Waals surface area contributed by atoms with Crippen LogP contribution in [0.15, 0.2) is 24.7 Å². The van der Waals surface area contributed by atoms with Gasteiger partial charge in [-0.1, -0.05) is 13.8 Å². The molecule has 0 amide bonds. The Morgan fingerprint density at radius 2 is 2.04 bits per heavy atom. The number of aryl methyl sites for hydroxylation is 1. The average molecular weight is 345 g/mol. The van der Waals surface area contributed by atoms with E-state index in [1.807, 2.05) is 24.7 Å². The number of aromatic nitrogens is 4. The van der Waals surface area contributed by atoms with Crippen molar-refractivity contribution in [2.75, 3.05) is 13.1 Å². The summed E-state index contributed by atoms with van der Waals surface area (Å²) in [5.74, 6) is 0.534. The molecular weight excluding hydrogens is 318 g/mol. The van der Waals surface area contributed by atoms with Gasteiger partial charge < -0.3 is 9.67 Å². The number of carboxylic acids is 1. The first-order valence-electron chi connectivity index (χ1n) is 8.98. The Labute approximate surface area is 148 Å². The van der Waals surface area contributed by atoms with Crippen molar-refractivity contribution in [1.82, 2.24) is 24.2 Å². The number of carboxylic acid groups (broad SMARTS) is 1. The quantitative estimate of drug-likeness (QED) is 0.869. The van der Waals surface area contributed by atoms with Gasteiger partial charge >= 0.3 is 5.97 Å². The summed E-state index contributed by atoms with van der Waals surface area (Å²) in [5, 5.41) is 14.5. The molecule has 0 aliphatic carbocycles. The molecule has 0 atom stereocenters. The Hall–Kier alpha value is -2.15. The van der Waals surface area contributed by atoms with E-state index in [9.17, 15) is 9.90 Å². The van der Waals surface area contributed by atoms with Gasteiger partial charge in [0, 0.05) is 38.2 Å². The zero-order valence-corrected chi connectivity index (χ0v) is 15.2. The van der Waals surface area contributed by atoms with E-state index in [4.69, 9.17) is 0 Å². The number of hydrogen-bond donors (Lipinski definition) is 1. The molecule has 1 aliphatic rings. The summed E-state index contributed by atoms with van der Waals surface area (Å²) in [6, 6.07) is 1.93. The highest BCUT2D eigenvalue weighted by molar-refractivity contribution is 5.76. The molecule has 0 saturated carbocycles. The van der Waals surface area contributed by atoms with Gasteiger partial charge in [0.2, 0.25) is 0 Å². The first-order chi connectivity index (χ1) is 12.0. The molecule has 25 heavy (non-hydrogen) atoms. The maximum Gasteiger partial charge on any atom is 0.331 e. The Balaban J connectivity index is 1.73. The normalized spacial score (nSPS) is 17.9. The van der Waals surface area contributed by atoms with Crippen molar-refractivity contribution in [3.8, 4) is 0 Å². The number of rotatable bonds is 6. The lowest BCUT2D eigenvalue weighted by atomic mass is 9.87. The van der Waals surface area contributed by atoms with Gasteiger partial charge in [0.15, 0.2) is 5.54 Å². The predicted molar refractivity (Wildman–Crippen MR) is 94.3 cm³/mol. The average Bonchev–Trinajstić information content (AvgIpc) is 3.24. The van der Waals surface area contributed by atoms with Crippen molar-refractivity contribution in [3.05, 3.63) is 36.2 Å². The number of aliphatic carboxylic acids is 1. The van der Waals surface area contributed by atoms with Crippen LogP contribution in [0.25, 0.3) is 0 Å². The van der Waals surface area contributed by atoms with Gasteiger partial charge in [-0.25, -0.2) is 9.78 Å². The van der Waals surface area contributed by atoms with Crippen molar-refractivity contribution in [2.45, 2.75) is 58.2 Å². The smallest absolute Gasteiger partial charge is 0.331 e. The molecule has 0 radical (unpaired) electrons. The van der Waals surface area contributed by atoms with Crippen LogP contribution >= 0.6 is 0 Å². The molecule has 0 spiro atoms. The molecule has 7 heteroatoms. The Morgan fingerprint density at radius 3 is 2.60 bits per heavy atom. The van der Waals surface area contributed by atoms with Crippen molar-refractivity contribution in [2.24, 2.45) is 0 Å². The van der Waals surface area contributed by atoms with E-state index in [0.29, 0.717) is 18.8 Å². The van der Waals surface area contributed by atoms with E-state index in [0.717, 1.165) is 37.7 Å². The highest BCUT2D eigenvalue weighted by atomic mass is 16.4. The van der Waals surface area contributed by atoms with Crippen molar-refractivity contribution in [1.29, 1.82) is 0 Å². The van der Waals surface area contributed by atoms with Crippen LogP contribution in [0.5, 0.6) is 0 Å². The van der Waals surface area contributed by atoms with E-state index < -0.39 is 11.5 Å². The minimum Gasteiger partial charge on any atom is -0.479 e. The Morgan fingerprint density at radius 1 is 1.32 bits per heavy atom. The standard InChI is InChI=1S/C18H27N5O2/c1-4-22-12-8-19-16(22)13-21-10-6-18(7-11-21,17(24)25)23-9-5-15(20-23)14(2)3/h5,8-9,12,14H,4,6-7,10-11,13H2,1-3H3,(H,24,25). The minimum atomic E-state index is -0.941. The van der Waals surface area contributed by atoms with E-state index in [1.165, 1.54) is 0 Å². The minimum absolute atomic E-state index is 0.292. The highest BCUT2D eigenvalue weighted by Crippen LogP contribution is 2.31. The fourth-order valence-corrected chi connectivity index (χ4v) is 3.49. The number of hydrogen-bond acceptors (Lipinski definition) is 4. The van der Waals surface area contributed by atoms with E-state index in [2.05, 4.69) is 40.3 Å². The monoisotopic (exact) mass is 345 g/mol. The second-order valence-electron chi connectivity index (χ2n) is 7.08. The fourth-order valence-electron chi connectivity index (χ4n) is 3.49. The van der Waals surface area contributed by atoms with Gasteiger partial charge in [-0.05, 0) is 31.7 Å². The second-order valence-corrected chi connectivity index (χ2v) is 7.08.